The van der Waals surface area contributed by atoms with Gasteiger partial charge in [0, 0.05) is 24.6 Å². The van der Waals surface area contributed by atoms with E-state index in [9.17, 15) is 10.1 Å². The summed E-state index contributed by atoms with van der Waals surface area (Å²) in [6, 6.07) is 0. The van der Waals surface area contributed by atoms with E-state index in [1.807, 2.05) is 0 Å². The first kappa shape index (κ1) is 7.47. The second-order valence-electron chi connectivity index (χ2n) is 2.57. The van der Waals surface area contributed by atoms with Crippen LogP contribution in [0.4, 0.5) is 0 Å². The molecule has 0 aromatic rings. The summed E-state index contributed by atoms with van der Waals surface area (Å²) in [5.74, 6) is 0.436. The van der Waals surface area contributed by atoms with E-state index in [4.69, 9.17) is 4.74 Å². The molecule has 10 heavy (non-hydrogen) atoms. The molecule has 4 heteroatoms. The Kier molecular flexibility index (Phi) is 2.62. The van der Waals surface area contributed by atoms with E-state index in [2.05, 4.69) is 0 Å². The predicted octanol–water partition coefficient (Wildman–Crippen LogP) is 0.690. The SMILES string of the molecule is O=[N+]([O-])CCC1CCOC1. The molecular formula is C6H11NO3. The molecule has 1 unspecified atom stereocenters. The number of hydrogen-bond acceptors (Lipinski definition) is 3. The smallest absolute Gasteiger partial charge is 0.204 e. The maximum atomic E-state index is 9.92. The van der Waals surface area contributed by atoms with Gasteiger partial charge in [-0.15, -0.1) is 0 Å². The average molecular weight is 145 g/mol. The molecule has 1 aliphatic rings. The maximum Gasteiger partial charge on any atom is 0.204 e. The van der Waals surface area contributed by atoms with Gasteiger partial charge in [0.05, 0.1) is 0 Å². The number of hydrogen-bond donors (Lipinski definition) is 0. The fourth-order valence-electron chi connectivity index (χ4n) is 1.10. The van der Waals surface area contributed by atoms with Gasteiger partial charge in [-0.25, -0.2) is 0 Å². The summed E-state index contributed by atoms with van der Waals surface area (Å²) in [6.45, 7) is 1.59. The van der Waals surface area contributed by atoms with Crippen LogP contribution >= 0.6 is 0 Å². The zero-order chi connectivity index (χ0) is 7.40. The highest BCUT2D eigenvalue weighted by atomic mass is 16.6. The van der Waals surface area contributed by atoms with Gasteiger partial charge in [-0.3, -0.25) is 10.1 Å². The van der Waals surface area contributed by atoms with Crippen LogP contribution in [0.3, 0.4) is 0 Å². The molecule has 4 nitrogen and oxygen atoms in total. The molecule has 0 radical (unpaired) electrons. The molecule has 0 aromatic heterocycles. The Hall–Kier alpha value is -0.640. The van der Waals surface area contributed by atoms with E-state index < -0.39 is 0 Å². The van der Waals surface area contributed by atoms with Gasteiger partial charge in [0.15, 0.2) is 0 Å². The van der Waals surface area contributed by atoms with E-state index in [1.165, 1.54) is 0 Å². The summed E-state index contributed by atoms with van der Waals surface area (Å²) >= 11 is 0. The lowest BCUT2D eigenvalue weighted by atomic mass is 10.1. The maximum absolute atomic E-state index is 9.92. The summed E-state index contributed by atoms with van der Waals surface area (Å²) in [5, 5.41) is 9.92. The van der Waals surface area contributed by atoms with Gasteiger partial charge >= 0.3 is 0 Å². The van der Waals surface area contributed by atoms with E-state index >= 15 is 0 Å². The van der Waals surface area contributed by atoms with Crippen molar-refractivity contribution < 1.29 is 9.66 Å². The molecule has 0 spiro atoms. The molecule has 0 bridgehead atoms. The third-order valence-corrected chi connectivity index (χ3v) is 1.74. The quantitative estimate of drug-likeness (QED) is 0.433. The van der Waals surface area contributed by atoms with E-state index in [-0.39, 0.29) is 11.5 Å². The van der Waals surface area contributed by atoms with Crippen molar-refractivity contribution in [2.75, 3.05) is 19.8 Å². The highest BCUT2D eigenvalue weighted by Gasteiger charge is 2.17. The Morgan fingerprint density at radius 2 is 2.50 bits per heavy atom. The lowest BCUT2D eigenvalue weighted by molar-refractivity contribution is -0.481. The number of ether oxygens (including phenoxy) is 1. The van der Waals surface area contributed by atoms with E-state index in [1.54, 1.807) is 0 Å². The second-order valence-corrected chi connectivity index (χ2v) is 2.57. The van der Waals surface area contributed by atoms with Crippen molar-refractivity contribution in [3.8, 4) is 0 Å². The van der Waals surface area contributed by atoms with Gasteiger partial charge in [-0.05, 0) is 12.3 Å². The van der Waals surface area contributed by atoms with Crippen LogP contribution in [0, 0.1) is 16.0 Å². The predicted molar refractivity (Wildman–Crippen MR) is 35.4 cm³/mol. The van der Waals surface area contributed by atoms with Gasteiger partial charge in [-0.2, -0.15) is 0 Å². The number of rotatable bonds is 3. The molecule has 0 aromatic carbocycles. The Morgan fingerprint density at radius 3 is 3.00 bits per heavy atom. The molecule has 0 saturated carbocycles. The van der Waals surface area contributed by atoms with Gasteiger partial charge < -0.3 is 4.74 Å². The third-order valence-electron chi connectivity index (χ3n) is 1.74. The van der Waals surface area contributed by atoms with Crippen LogP contribution in [0.15, 0.2) is 0 Å². The largest absolute Gasteiger partial charge is 0.381 e. The van der Waals surface area contributed by atoms with E-state index in [0.717, 1.165) is 13.0 Å². The Bertz CT molecular complexity index is 120. The highest BCUT2D eigenvalue weighted by Crippen LogP contribution is 2.15. The van der Waals surface area contributed by atoms with Crippen molar-refractivity contribution >= 4 is 0 Å². The Balaban J connectivity index is 2.07. The molecule has 1 saturated heterocycles. The molecule has 0 amide bonds. The number of nitro groups is 1. The standard InChI is InChI=1S/C6H11NO3/c8-7(9)3-1-6-2-4-10-5-6/h6H,1-5H2. The van der Waals surface area contributed by atoms with Gasteiger partial charge in [0.25, 0.3) is 0 Å². The topological polar surface area (TPSA) is 52.4 Å². The Labute approximate surface area is 59.3 Å². The summed E-state index contributed by atoms with van der Waals surface area (Å²) in [7, 11) is 0. The van der Waals surface area contributed by atoms with Crippen LogP contribution < -0.4 is 0 Å². The molecule has 1 fully saturated rings. The summed E-state index contributed by atoms with van der Waals surface area (Å²) in [6.07, 6.45) is 1.67. The monoisotopic (exact) mass is 145 g/mol. The normalized spacial score (nSPS) is 25.0. The zero-order valence-corrected chi connectivity index (χ0v) is 5.78. The van der Waals surface area contributed by atoms with Gasteiger partial charge in [-0.1, -0.05) is 0 Å². The molecular weight excluding hydrogens is 134 g/mol. The molecule has 1 aliphatic heterocycles. The Morgan fingerprint density at radius 1 is 1.70 bits per heavy atom. The zero-order valence-electron chi connectivity index (χ0n) is 5.78. The van der Waals surface area contributed by atoms with Crippen molar-refractivity contribution in [3.63, 3.8) is 0 Å². The van der Waals surface area contributed by atoms with Crippen molar-refractivity contribution in [1.29, 1.82) is 0 Å². The van der Waals surface area contributed by atoms with Crippen molar-refractivity contribution in [2.45, 2.75) is 12.8 Å². The molecule has 1 rings (SSSR count). The molecule has 1 heterocycles. The van der Waals surface area contributed by atoms with Crippen LogP contribution in [0.2, 0.25) is 0 Å². The number of nitrogens with zero attached hydrogens (tertiary/aromatic N) is 1. The minimum absolute atomic E-state index is 0.0913. The van der Waals surface area contributed by atoms with Crippen LogP contribution in [-0.2, 0) is 4.74 Å². The fourth-order valence-corrected chi connectivity index (χ4v) is 1.10. The van der Waals surface area contributed by atoms with Gasteiger partial charge in [0.2, 0.25) is 6.54 Å². The van der Waals surface area contributed by atoms with Crippen molar-refractivity contribution in [2.24, 2.45) is 5.92 Å². The van der Waals surface area contributed by atoms with Crippen molar-refractivity contribution in [1.82, 2.24) is 0 Å². The van der Waals surface area contributed by atoms with Gasteiger partial charge in [0.1, 0.15) is 0 Å². The molecule has 1 atom stereocenters. The minimum atomic E-state index is -0.266. The second kappa shape index (κ2) is 3.51. The lowest BCUT2D eigenvalue weighted by Crippen LogP contribution is -2.08. The molecule has 0 aliphatic carbocycles. The summed E-state index contributed by atoms with van der Waals surface area (Å²) < 4.78 is 5.07. The first-order valence-corrected chi connectivity index (χ1v) is 3.48. The minimum Gasteiger partial charge on any atom is -0.381 e. The lowest BCUT2D eigenvalue weighted by Gasteiger charge is -2.00. The van der Waals surface area contributed by atoms with Crippen LogP contribution in [0.25, 0.3) is 0 Å². The van der Waals surface area contributed by atoms with Crippen LogP contribution in [0.5, 0.6) is 0 Å². The third kappa shape index (κ3) is 2.31. The average Bonchev–Trinajstić information content (AvgIpc) is 2.34. The highest BCUT2D eigenvalue weighted by molar-refractivity contribution is 4.62. The van der Waals surface area contributed by atoms with Crippen LogP contribution in [0.1, 0.15) is 12.8 Å². The molecule has 0 N–H and O–H groups in total. The first-order valence-electron chi connectivity index (χ1n) is 3.48. The van der Waals surface area contributed by atoms with E-state index in [0.29, 0.717) is 18.9 Å². The van der Waals surface area contributed by atoms with Crippen molar-refractivity contribution in [3.05, 3.63) is 10.1 Å². The summed E-state index contributed by atoms with van der Waals surface area (Å²) in [5.41, 5.74) is 0. The summed E-state index contributed by atoms with van der Waals surface area (Å²) in [4.78, 5) is 9.66. The fraction of sp³-hybridized carbons (Fsp3) is 1.00. The first-order chi connectivity index (χ1) is 4.79. The molecule has 58 valence electrons. The van der Waals surface area contributed by atoms with Crippen LogP contribution in [-0.4, -0.2) is 24.7 Å².